The smallest absolute Gasteiger partial charge is 0.224 e. The Labute approximate surface area is 147 Å². The Hall–Kier alpha value is -3.02. The molecule has 2 aromatic carbocycles. The number of hydrogen-bond acceptors (Lipinski definition) is 4. The van der Waals surface area contributed by atoms with Gasteiger partial charge in [-0.3, -0.25) is 9.59 Å². The first-order valence-electron chi connectivity index (χ1n) is 7.90. The number of nitrogens with one attached hydrogen (secondary N) is 2. The summed E-state index contributed by atoms with van der Waals surface area (Å²) in [5.41, 5.74) is 2.18. The fourth-order valence-electron chi connectivity index (χ4n) is 2.43. The summed E-state index contributed by atoms with van der Waals surface area (Å²) < 4.78 is 10.5. The van der Waals surface area contributed by atoms with Crippen LogP contribution in [0.1, 0.15) is 18.9 Å². The van der Waals surface area contributed by atoms with Gasteiger partial charge in [-0.05, 0) is 48.4 Å². The lowest BCUT2D eigenvalue weighted by Gasteiger charge is -2.11. The van der Waals surface area contributed by atoms with E-state index < -0.39 is 0 Å². The predicted molar refractivity (Wildman–Crippen MR) is 97.2 cm³/mol. The second-order valence-electron chi connectivity index (χ2n) is 5.49. The lowest BCUT2D eigenvalue weighted by molar-refractivity contribution is -0.116. The maximum absolute atomic E-state index is 12.2. The molecule has 0 aromatic heterocycles. The van der Waals surface area contributed by atoms with Crippen LogP contribution in [0.3, 0.4) is 0 Å². The van der Waals surface area contributed by atoms with Gasteiger partial charge in [-0.2, -0.15) is 0 Å². The average Bonchev–Trinajstić information content (AvgIpc) is 2.59. The highest BCUT2D eigenvalue weighted by Crippen LogP contribution is 2.25. The summed E-state index contributed by atoms with van der Waals surface area (Å²) in [5.74, 6) is 1.17. The SMILES string of the molecule is COc1ccc(OC)c(CCC(=O)Nc2cccc(NC(C)=O)c2)c1. The van der Waals surface area contributed by atoms with E-state index in [-0.39, 0.29) is 11.8 Å². The molecule has 0 spiro atoms. The van der Waals surface area contributed by atoms with Crippen LogP contribution in [-0.2, 0) is 16.0 Å². The lowest BCUT2D eigenvalue weighted by atomic mass is 10.1. The monoisotopic (exact) mass is 342 g/mol. The lowest BCUT2D eigenvalue weighted by Crippen LogP contribution is -2.13. The molecule has 0 saturated heterocycles. The first-order valence-corrected chi connectivity index (χ1v) is 7.90. The number of carbonyl (C=O) groups excluding carboxylic acids is 2. The molecule has 6 nitrogen and oxygen atoms in total. The molecule has 0 fully saturated rings. The molecular weight excluding hydrogens is 320 g/mol. The molecule has 0 aliphatic rings. The summed E-state index contributed by atoms with van der Waals surface area (Å²) >= 11 is 0. The Morgan fingerprint density at radius 1 is 0.960 bits per heavy atom. The summed E-state index contributed by atoms with van der Waals surface area (Å²) in [4.78, 5) is 23.3. The van der Waals surface area contributed by atoms with E-state index in [1.807, 2.05) is 18.2 Å². The van der Waals surface area contributed by atoms with E-state index in [0.29, 0.717) is 24.2 Å². The quantitative estimate of drug-likeness (QED) is 0.810. The Kier molecular flexibility index (Phi) is 6.39. The van der Waals surface area contributed by atoms with Gasteiger partial charge in [-0.15, -0.1) is 0 Å². The first kappa shape index (κ1) is 18.3. The molecule has 0 aliphatic carbocycles. The van der Waals surface area contributed by atoms with E-state index in [2.05, 4.69) is 10.6 Å². The zero-order chi connectivity index (χ0) is 18.2. The molecule has 6 heteroatoms. The Morgan fingerprint density at radius 2 is 1.68 bits per heavy atom. The predicted octanol–water partition coefficient (Wildman–Crippen LogP) is 3.23. The van der Waals surface area contributed by atoms with Crippen LogP contribution in [-0.4, -0.2) is 26.0 Å². The van der Waals surface area contributed by atoms with Gasteiger partial charge in [-0.25, -0.2) is 0 Å². The highest BCUT2D eigenvalue weighted by Gasteiger charge is 2.09. The van der Waals surface area contributed by atoms with Gasteiger partial charge in [0.2, 0.25) is 11.8 Å². The maximum atomic E-state index is 12.2. The molecule has 0 aliphatic heterocycles. The molecular formula is C19H22N2O4. The topological polar surface area (TPSA) is 76.7 Å². The Bertz CT molecular complexity index is 759. The van der Waals surface area contributed by atoms with E-state index >= 15 is 0 Å². The van der Waals surface area contributed by atoms with Gasteiger partial charge in [0, 0.05) is 24.7 Å². The van der Waals surface area contributed by atoms with Gasteiger partial charge < -0.3 is 20.1 Å². The van der Waals surface area contributed by atoms with Crippen LogP contribution >= 0.6 is 0 Å². The van der Waals surface area contributed by atoms with Gasteiger partial charge >= 0.3 is 0 Å². The van der Waals surface area contributed by atoms with Gasteiger partial charge in [0.1, 0.15) is 11.5 Å². The molecule has 0 saturated carbocycles. The minimum absolute atomic E-state index is 0.121. The second kappa shape index (κ2) is 8.73. The second-order valence-corrected chi connectivity index (χ2v) is 5.49. The minimum atomic E-state index is -0.159. The van der Waals surface area contributed by atoms with Crippen molar-refractivity contribution in [3.63, 3.8) is 0 Å². The van der Waals surface area contributed by atoms with Crippen molar-refractivity contribution in [2.45, 2.75) is 19.8 Å². The molecule has 0 heterocycles. The summed E-state index contributed by atoms with van der Waals surface area (Å²) in [5, 5.41) is 5.51. The average molecular weight is 342 g/mol. The Morgan fingerprint density at radius 3 is 2.32 bits per heavy atom. The number of anilines is 2. The fourth-order valence-corrected chi connectivity index (χ4v) is 2.43. The van der Waals surface area contributed by atoms with Crippen LogP contribution in [0.5, 0.6) is 11.5 Å². The van der Waals surface area contributed by atoms with Crippen molar-refractivity contribution < 1.29 is 19.1 Å². The summed E-state index contributed by atoms with van der Waals surface area (Å²) in [6.07, 6.45) is 0.825. The number of methoxy groups -OCH3 is 2. The van der Waals surface area contributed by atoms with Crippen LogP contribution in [0, 0.1) is 0 Å². The van der Waals surface area contributed by atoms with Crippen LogP contribution in [0.4, 0.5) is 11.4 Å². The van der Waals surface area contributed by atoms with Gasteiger partial charge in [0.15, 0.2) is 0 Å². The van der Waals surface area contributed by atoms with Gasteiger partial charge in [0.05, 0.1) is 14.2 Å². The van der Waals surface area contributed by atoms with Crippen LogP contribution in [0.25, 0.3) is 0 Å². The van der Waals surface area contributed by atoms with Crippen LogP contribution in [0.15, 0.2) is 42.5 Å². The van der Waals surface area contributed by atoms with Crippen molar-refractivity contribution in [2.75, 3.05) is 24.9 Å². The van der Waals surface area contributed by atoms with Crippen LogP contribution < -0.4 is 20.1 Å². The molecule has 132 valence electrons. The van der Waals surface area contributed by atoms with Crippen molar-refractivity contribution in [1.82, 2.24) is 0 Å². The highest BCUT2D eigenvalue weighted by molar-refractivity contribution is 5.93. The third kappa shape index (κ3) is 5.53. The molecule has 2 N–H and O–H groups in total. The normalized spacial score (nSPS) is 10.0. The molecule has 2 aromatic rings. The van der Waals surface area contributed by atoms with E-state index in [0.717, 1.165) is 17.1 Å². The molecule has 2 amide bonds. The van der Waals surface area contributed by atoms with Gasteiger partial charge in [-0.1, -0.05) is 6.07 Å². The van der Waals surface area contributed by atoms with Crippen molar-refractivity contribution in [2.24, 2.45) is 0 Å². The van der Waals surface area contributed by atoms with E-state index in [1.165, 1.54) is 6.92 Å². The number of carbonyl (C=O) groups is 2. The molecule has 2 rings (SSSR count). The number of ether oxygens (including phenoxy) is 2. The molecule has 0 radical (unpaired) electrons. The van der Waals surface area contributed by atoms with E-state index in [9.17, 15) is 9.59 Å². The zero-order valence-electron chi connectivity index (χ0n) is 14.6. The van der Waals surface area contributed by atoms with E-state index in [1.54, 1.807) is 38.5 Å². The number of rotatable bonds is 7. The van der Waals surface area contributed by atoms with Crippen molar-refractivity contribution in [3.05, 3.63) is 48.0 Å². The molecule has 0 bridgehead atoms. The number of aryl methyl sites for hydroxylation is 1. The van der Waals surface area contributed by atoms with Crippen molar-refractivity contribution >= 4 is 23.2 Å². The standard InChI is InChI=1S/C19H22N2O4/c1-13(22)20-15-5-4-6-16(12-15)21-19(23)10-7-14-11-17(24-2)8-9-18(14)25-3/h4-6,8-9,11-12H,7,10H2,1-3H3,(H,20,22)(H,21,23). The number of amides is 2. The summed E-state index contributed by atoms with van der Waals surface area (Å²) in [6, 6.07) is 12.5. The van der Waals surface area contributed by atoms with Gasteiger partial charge in [0.25, 0.3) is 0 Å². The fraction of sp³-hybridized carbons (Fsp3) is 0.263. The molecule has 25 heavy (non-hydrogen) atoms. The first-order chi connectivity index (χ1) is 12.0. The third-order valence-corrected chi connectivity index (χ3v) is 3.58. The third-order valence-electron chi connectivity index (χ3n) is 3.58. The number of hydrogen-bond donors (Lipinski definition) is 2. The molecule has 0 unspecified atom stereocenters. The summed E-state index contributed by atoms with van der Waals surface area (Å²) in [7, 11) is 3.19. The van der Waals surface area contributed by atoms with Crippen LogP contribution in [0.2, 0.25) is 0 Å². The Balaban J connectivity index is 1.98. The molecule has 0 atom stereocenters. The maximum Gasteiger partial charge on any atom is 0.224 e. The largest absolute Gasteiger partial charge is 0.497 e. The highest BCUT2D eigenvalue weighted by atomic mass is 16.5. The number of benzene rings is 2. The zero-order valence-corrected chi connectivity index (χ0v) is 14.6. The van der Waals surface area contributed by atoms with E-state index in [4.69, 9.17) is 9.47 Å². The minimum Gasteiger partial charge on any atom is -0.497 e. The van der Waals surface area contributed by atoms with Crippen molar-refractivity contribution in [3.8, 4) is 11.5 Å². The van der Waals surface area contributed by atoms with Crippen molar-refractivity contribution in [1.29, 1.82) is 0 Å². The summed E-state index contributed by atoms with van der Waals surface area (Å²) in [6.45, 7) is 1.44.